The zero-order chi connectivity index (χ0) is 16.3. The fraction of sp³-hybridized carbons (Fsp3) is 0.154. The van der Waals surface area contributed by atoms with E-state index in [1.165, 1.54) is 36.2 Å². The minimum absolute atomic E-state index is 0.0312. The van der Waals surface area contributed by atoms with Crippen molar-refractivity contribution in [3.8, 4) is 0 Å². The molecule has 116 valence electrons. The SMILES string of the molecule is CSc1ncc(Br)c(C(=O)Nc2ccccc2C(F)(F)F)n1. The van der Waals surface area contributed by atoms with Gasteiger partial charge in [0.1, 0.15) is 5.69 Å². The van der Waals surface area contributed by atoms with E-state index in [0.29, 0.717) is 9.63 Å². The van der Waals surface area contributed by atoms with Crippen LogP contribution < -0.4 is 5.32 Å². The molecule has 0 aliphatic rings. The highest BCUT2D eigenvalue weighted by Crippen LogP contribution is 2.34. The number of amides is 1. The Labute approximate surface area is 136 Å². The largest absolute Gasteiger partial charge is 0.418 e. The zero-order valence-electron chi connectivity index (χ0n) is 11.1. The average Bonchev–Trinajstić information content (AvgIpc) is 2.47. The van der Waals surface area contributed by atoms with Crippen LogP contribution in [0, 0.1) is 0 Å². The Balaban J connectivity index is 2.34. The van der Waals surface area contributed by atoms with Crippen molar-refractivity contribution >= 4 is 39.3 Å². The number of carbonyl (C=O) groups is 1. The number of alkyl halides is 3. The summed E-state index contributed by atoms with van der Waals surface area (Å²) in [6.45, 7) is 0. The van der Waals surface area contributed by atoms with E-state index in [4.69, 9.17) is 0 Å². The molecule has 0 bridgehead atoms. The number of nitrogens with one attached hydrogen (secondary N) is 1. The van der Waals surface area contributed by atoms with Crippen molar-refractivity contribution in [2.45, 2.75) is 11.3 Å². The second-order valence-corrected chi connectivity index (χ2v) is 5.68. The molecular weight excluding hydrogens is 383 g/mol. The smallest absolute Gasteiger partial charge is 0.320 e. The Morgan fingerprint density at radius 1 is 1.32 bits per heavy atom. The number of rotatable bonds is 3. The van der Waals surface area contributed by atoms with Crippen molar-refractivity contribution in [3.05, 3.63) is 46.2 Å². The van der Waals surface area contributed by atoms with Crippen molar-refractivity contribution in [1.29, 1.82) is 0 Å². The number of anilines is 1. The molecule has 0 saturated carbocycles. The molecule has 0 saturated heterocycles. The lowest BCUT2D eigenvalue weighted by Gasteiger charge is -2.13. The van der Waals surface area contributed by atoms with Crippen LogP contribution in [0.5, 0.6) is 0 Å². The zero-order valence-corrected chi connectivity index (χ0v) is 13.5. The van der Waals surface area contributed by atoms with E-state index in [1.54, 1.807) is 6.26 Å². The summed E-state index contributed by atoms with van der Waals surface area (Å²) < 4.78 is 39.0. The van der Waals surface area contributed by atoms with Gasteiger partial charge < -0.3 is 5.32 Å². The number of nitrogens with zero attached hydrogens (tertiary/aromatic N) is 2. The van der Waals surface area contributed by atoms with Gasteiger partial charge >= 0.3 is 6.18 Å². The first kappa shape index (κ1) is 16.8. The number of hydrogen-bond acceptors (Lipinski definition) is 4. The average molecular weight is 392 g/mol. The molecule has 1 aromatic heterocycles. The summed E-state index contributed by atoms with van der Waals surface area (Å²) in [6, 6.07) is 4.75. The second kappa shape index (κ2) is 6.66. The molecule has 0 radical (unpaired) electrons. The van der Waals surface area contributed by atoms with Crippen LogP contribution in [0.25, 0.3) is 0 Å². The summed E-state index contributed by atoms with van der Waals surface area (Å²) in [6.07, 6.45) is -1.45. The molecule has 9 heteroatoms. The summed E-state index contributed by atoms with van der Waals surface area (Å²) in [5.41, 5.74) is -1.27. The van der Waals surface area contributed by atoms with Crippen LogP contribution in [0.3, 0.4) is 0 Å². The van der Waals surface area contributed by atoms with Crippen LogP contribution in [-0.4, -0.2) is 22.1 Å². The summed E-state index contributed by atoms with van der Waals surface area (Å²) in [4.78, 5) is 20.1. The Kier molecular flexibility index (Phi) is 5.07. The van der Waals surface area contributed by atoms with E-state index in [0.717, 1.165) is 6.07 Å². The molecule has 1 amide bonds. The molecule has 2 rings (SSSR count). The molecule has 0 aliphatic heterocycles. The summed E-state index contributed by atoms with van der Waals surface area (Å²) in [7, 11) is 0. The highest BCUT2D eigenvalue weighted by Gasteiger charge is 2.33. The van der Waals surface area contributed by atoms with Gasteiger partial charge in [0.05, 0.1) is 15.7 Å². The second-order valence-electron chi connectivity index (χ2n) is 4.05. The Bertz CT molecular complexity index is 709. The van der Waals surface area contributed by atoms with Crippen LogP contribution in [0.1, 0.15) is 16.1 Å². The molecule has 0 aliphatic carbocycles. The van der Waals surface area contributed by atoms with Gasteiger partial charge in [-0.05, 0) is 34.3 Å². The predicted molar refractivity (Wildman–Crippen MR) is 80.9 cm³/mol. The van der Waals surface area contributed by atoms with Crippen molar-refractivity contribution in [1.82, 2.24) is 9.97 Å². The third-order valence-corrected chi connectivity index (χ3v) is 3.74. The molecule has 2 aromatic rings. The maximum atomic E-state index is 12.9. The van der Waals surface area contributed by atoms with Gasteiger partial charge in [0, 0.05) is 6.20 Å². The van der Waals surface area contributed by atoms with Crippen LogP contribution >= 0.6 is 27.7 Å². The number of halogens is 4. The number of para-hydroxylation sites is 1. The van der Waals surface area contributed by atoms with Crippen LogP contribution in [0.15, 0.2) is 40.1 Å². The van der Waals surface area contributed by atoms with Gasteiger partial charge in [0.15, 0.2) is 5.16 Å². The number of carbonyl (C=O) groups excluding carboxylic acids is 1. The fourth-order valence-electron chi connectivity index (χ4n) is 1.63. The molecule has 0 spiro atoms. The first-order valence-corrected chi connectivity index (χ1v) is 7.89. The summed E-state index contributed by atoms with van der Waals surface area (Å²) >= 11 is 4.33. The minimum Gasteiger partial charge on any atom is -0.320 e. The van der Waals surface area contributed by atoms with E-state index in [-0.39, 0.29) is 11.4 Å². The van der Waals surface area contributed by atoms with E-state index in [9.17, 15) is 18.0 Å². The molecule has 1 N–H and O–H groups in total. The minimum atomic E-state index is -4.56. The maximum Gasteiger partial charge on any atom is 0.418 e. The topological polar surface area (TPSA) is 54.9 Å². The molecule has 0 unspecified atom stereocenters. The van der Waals surface area contributed by atoms with Crippen LogP contribution in [0.4, 0.5) is 18.9 Å². The normalized spacial score (nSPS) is 11.3. The molecule has 4 nitrogen and oxygen atoms in total. The molecule has 1 aromatic carbocycles. The van der Waals surface area contributed by atoms with Gasteiger partial charge in [-0.15, -0.1) is 0 Å². The van der Waals surface area contributed by atoms with E-state index in [2.05, 4.69) is 31.2 Å². The van der Waals surface area contributed by atoms with Crippen LogP contribution in [0.2, 0.25) is 0 Å². The van der Waals surface area contributed by atoms with Crippen molar-refractivity contribution < 1.29 is 18.0 Å². The first-order valence-electron chi connectivity index (χ1n) is 5.87. The number of hydrogen-bond donors (Lipinski definition) is 1. The van der Waals surface area contributed by atoms with E-state index in [1.807, 2.05) is 0 Å². The summed E-state index contributed by atoms with van der Waals surface area (Å²) in [5, 5.41) is 2.58. The Hall–Kier alpha value is -1.61. The van der Waals surface area contributed by atoms with Gasteiger partial charge in [-0.25, -0.2) is 9.97 Å². The van der Waals surface area contributed by atoms with Gasteiger partial charge in [0.25, 0.3) is 5.91 Å². The molecule has 22 heavy (non-hydrogen) atoms. The van der Waals surface area contributed by atoms with Gasteiger partial charge in [-0.3, -0.25) is 4.79 Å². The Morgan fingerprint density at radius 2 is 2.00 bits per heavy atom. The van der Waals surface area contributed by atoms with Crippen molar-refractivity contribution in [2.75, 3.05) is 11.6 Å². The first-order chi connectivity index (χ1) is 10.3. The lowest BCUT2D eigenvalue weighted by Crippen LogP contribution is -2.18. The maximum absolute atomic E-state index is 12.9. The third-order valence-electron chi connectivity index (χ3n) is 2.60. The lowest BCUT2D eigenvalue weighted by atomic mass is 10.1. The quantitative estimate of drug-likeness (QED) is 0.628. The fourth-order valence-corrected chi connectivity index (χ4v) is 2.34. The number of benzene rings is 1. The third kappa shape index (κ3) is 3.77. The van der Waals surface area contributed by atoms with E-state index < -0.39 is 17.6 Å². The Morgan fingerprint density at radius 3 is 2.64 bits per heavy atom. The standard InChI is InChI=1S/C13H9BrF3N3OS/c1-22-12-18-6-8(14)10(20-12)11(21)19-9-5-3-2-4-7(9)13(15,16)17/h2-6H,1H3,(H,19,21). The number of thioether (sulfide) groups is 1. The molecule has 0 fully saturated rings. The summed E-state index contributed by atoms with van der Waals surface area (Å²) in [5.74, 6) is -0.749. The highest BCUT2D eigenvalue weighted by atomic mass is 79.9. The van der Waals surface area contributed by atoms with Crippen LogP contribution in [-0.2, 0) is 6.18 Å². The highest BCUT2D eigenvalue weighted by molar-refractivity contribution is 9.10. The monoisotopic (exact) mass is 391 g/mol. The van der Waals surface area contributed by atoms with Gasteiger partial charge in [-0.2, -0.15) is 13.2 Å². The lowest BCUT2D eigenvalue weighted by molar-refractivity contribution is -0.136. The van der Waals surface area contributed by atoms with E-state index >= 15 is 0 Å². The van der Waals surface area contributed by atoms with Gasteiger partial charge in [0.2, 0.25) is 0 Å². The van der Waals surface area contributed by atoms with Gasteiger partial charge in [-0.1, -0.05) is 23.9 Å². The predicted octanol–water partition coefficient (Wildman–Crippen LogP) is 4.23. The molecular formula is C13H9BrF3N3OS. The number of aromatic nitrogens is 2. The molecule has 0 atom stereocenters. The van der Waals surface area contributed by atoms with Crippen molar-refractivity contribution in [3.63, 3.8) is 0 Å². The molecule has 1 heterocycles. The van der Waals surface area contributed by atoms with Crippen molar-refractivity contribution in [2.24, 2.45) is 0 Å².